The van der Waals surface area contributed by atoms with Crippen LogP contribution in [0.4, 0.5) is 17.1 Å². The molecule has 2 aliphatic rings. The molecule has 0 radical (unpaired) electrons. The molecule has 0 atom stereocenters. The predicted octanol–water partition coefficient (Wildman–Crippen LogP) is 12.5. The lowest BCUT2D eigenvalue weighted by Gasteiger charge is -2.25. The predicted molar refractivity (Wildman–Crippen MR) is 209 cm³/mol. The summed E-state index contributed by atoms with van der Waals surface area (Å²) in [6.45, 7) is 4.52. The number of carbonyl (C=O) groups is 1. The highest BCUT2D eigenvalue weighted by Gasteiger charge is 2.29. The summed E-state index contributed by atoms with van der Waals surface area (Å²) < 4.78 is 5.60. The maximum Gasteiger partial charge on any atom is 0.363 e. The van der Waals surface area contributed by atoms with Crippen molar-refractivity contribution in [3.05, 3.63) is 129 Å². The van der Waals surface area contributed by atoms with E-state index in [0.717, 1.165) is 68.4 Å². The van der Waals surface area contributed by atoms with Gasteiger partial charge >= 0.3 is 5.97 Å². The van der Waals surface area contributed by atoms with E-state index in [9.17, 15) is 4.79 Å². The van der Waals surface area contributed by atoms with Crippen LogP contribution >= 0.6 is 11.3 Å². The molecule has 0 unspecified atom stereocenters. The lowest BCUT2D eigenvalue weighted by molar-refractivity contribution is -0.130. The van der Waals surface area contributed by atoms with Crippen molar-refractivity contribution in [2.75, 3.05) is 4.90 Å². The normalized spacial score (nSPS) is 16.2. The van der Waals surface area contributed by atoms with Crippen LogP contribution in [0.1, 0.15) is 98.1 Å². The zero-order chi connectivity index (χ0) is 33.8. The number of esters is 1. The lowest BCUT2D eigenvalue weighted by atomic mass is 9.89. The van der Waals surface area contributed by atoms with E-state index in [4.69, 9.17) is 4.74 Å². The van der Waals surface area contributed by atoms with Crippen LogP contribution in [-0.4, -0.2) is 11.9 Å². The van der Waals surface area contributed by atoms with Crippen LogP contribution in [0.25, 0.3) is 18.2 Å². The number of thiophene rings is 1. The van der Waals surface area contributed by atoms with Gasteiger partial charge in [-0.05, 0) is 110 Å². The Kier molecular flexibility index (Phi) is 12.1. The summed E-state index contributed by atoms with van der Waals surface area (Å²) in [5.41, 5.74) is 7.89. The van der Waals surface area contributed by atoms with Crippen LogP contribution in [-0.2, 0) is 22.4 Å². The molecule has 4 aromatic rings. The minimum absolute atomic E-state index is 0.281. The number of unbranched alkanes of at least 4 members (excludes halogenated alkanes) is 2. The van der Waals surface area contributed by atoms with E-state index in [1.807, 2.05) is 23.5 Å². The Bertz CT molecular complexity index is 1750. The standard InChI is InChI=1S/C44H48N2O2S/c1-3-5-23-38-39(24-6-4-2)42(49-41(38)26-16-25-40-44(47)48-43(45-40)34-17-10-7-11-18-34)32-29-33-27-30-37(31-28-33)46(35-19-12-8-13-20-35)36-21-14-9-15-22-36/h8-9,12-16,19-22,25-32,34H,3-7,10-11,17-18,23-24H2,1-2H3/b26-16+,32-29+,40-25-. The van der Waals surface area contributed by atoms with Gasteiger partial charge in [0.25, 0.3) is 0 Å². The minimum atomic E-state index is -0.323. The van der Waals surface area contributed by atoms with E-state index in [-0.39, 0.29) is 11.9 Å². The van der Waals surface area contributed by atoms with E-state index in [0.29, 0.717) is 11.6 Å². The second-order valence-corrected chi connectivity index (χ2v) is 14.1. The molecule has 1 saturated carbocycles. The van der Waals surface area contributed by atoms with Crippen LogP contribution < -0.4 is 4.90 Å². The Morgan fingerprint density at radius 3 is 1.90 bits per heavy atom. The third kappa shape index (κ3) is 8.76. The largest absolute Gasteiger partial charge is 0.406 e. The second kappa shape index (κ2) is 17.3. The van der Waals surface area contributed by atoms with Gasteiger partial charge in [-0.15, -0.1) is 11.3 Å². The zero-order valence-corrected chi connectivity index (χ0v) is 29.8. The van der Waals surface area contributed by atoms with Crippen LogP contribution in [0.15, 0.2) is 108 Å². The fraction of sp³-hybridized carbons (Fsp3) is 0.318. The first kappa shape index (κ1) is 34.4. The van der Waals surface area contributed by atoms with Crippen LogP contribution in [0.3, 0.4) is 0 Å². The topological polar surface area (TPSA) is 41.9 Å². The first-order chi connectivity index (χ1) is 24.1. The minimum Gasteiger partial charge on any atom is -0.406 e. The highest BCUT2D eigenvalue weighted by Crippen LogP contribution is 2.36. The zero-order valence-electron chi connectivity index (χ0n) is 28.9. The molecule has 1 aromatic heterocycles. The molecular weight excluding hydrogens is 621 g/mol. The summed E-state index contributed by atoms with van der Waals surface area (Å²) >= 11 is 1.85. The average Bonchev–Trinajstić information content (AvgIpc) is 3.69. The molecule has 0 bridgehead atoms. The van der Waals surface area contributed by atoms with Gasteiger partial charge in [-0.1, -0.05) is 107 Å². The van der Waals surface area contributed by atoms with Gasteiger partial charge in [-0.3, -0.25) is 0 Å². The van der Waals surface area contributed by atoms with Crippen molar-refractivity contribution in [3.63, 3.8) is 0 Å². The highest BCUT2D eigenvalue weighted by atomic mass is 32.1. The third-order valence-electron chi connectivity index (χ3n) is 9.44. The number of hydrogen-bond acceptors (Lipinski definition) is 5. The summed E-state index contributed by atoms with van der Waals surface area (Å²) in [6.07, 6.45) is 23.1. The number of allylic oxidation sites excluding steroid dienone is 2. The van der Waals surface area contributed by atoms with Crippen molar-refractivity contribution in [2.45, 2.75) is 84.5 Å². The molecule has 0 N–H and O–H groups in total. The first-order valence-electron chi connectivity index (χ1n) is 18.2. The summed E-state index contributed by atoms with van der Waals surface area (Å²) in [5.74, 6) is 0.583. The van der Waals surface area contributed by atoms with Gasteiger partial charge in [-0.25, -0.2) is 9.79 Å². The Balaban J connectivity index is 1.26. The molecule has 0 amide bonds. The van der Waals surface area contributed by atoms with Crippen molar-refractivity contribution in [1.82, 2.24) is 0 Å². The smallest absolute Gasteiger partial charge is 0.363 e. The van der Waals surface area contributed by atoms with Gasteiger partial charge < -0.3 is 9.64 Å². The number of hydrogen-bond donors (Lipinski definition) is 0. The molecule has 0 saturated heterocycles. The Morgan fingerprint density at radius 1 is 0.735 bits per heavy atom. The molecule has 6 rings (SSSR count). The van der Waals surface area contributed by atoms with Crippen molar-refractivity contribution in [2.24, 2.45) is 10.9 Å². The molecule has 5 heteroatoms. The van der Waals surface area contributed by atoms with Crippen molar-refractivity contribution >= 4 is 58.5 Å². The molecule has 4 nitrogen and oxygen atoms in total. The maximum atomic E-state index is 12.6. The number of aliphatic imine (C=N–C) groups is 1. The Morgan fingerprint density at radius 2 is 1.31 bits per heavy atom. The van der Waals surface area contributed by atoms with Gasteiger partial charge in [0.1, 0.15) is 0 Å². The van der Waals surface area contributed by atoms with E-state index in [1.54, 1.807) is 0 Å². The SMILES string of the molecule is CCCCc1c(/C=C/C=C2\N=C(C3CCCCC3)OC2=O)sc(/C=C/c2ccc(N(c3ccccc3)c3ccccc3)cc2)c1CCCC. The molecule has 49 heavy (non-hydrogen) atoms. The summed E-state index contributed by atoms with van der Waals surface area (Å²) in [7, 11) is 0. The third-order valence-corrected chi connectivity index (χ3v) is 10.6. The van der Waals surface area contributed by atoms with Crippen LogP contribution in [0, 0.1) is 5.92 Å². The number of benzene rings is 3. The number of para-hydroxylation sites is 2. The number of ether oxygens (including phenoxy) is 1. The number of cyclic esters (lactones) is 1. The first-order valence-corrected chi connectivity index (χ1v) is 19.0. The fourth-order valence-electron chi connectivity index (χ4n) is 6.76. The monoisotopic (exact) mass is 668 g/mol. The number of rotatable bonds is 14. The summed E-state index contributed by atoms with van der Waals surface area (Å²) in [4.78, 5) is 22.1. The van der Waals surface area contributed by atoms with Gasteiger partial charge in [-0.2, -0.15) is 0 Å². The molecule has 2 heterocycles. The van der Waals surface area contributed by atoms with Gasteiger partial charge in [0.15, 0.2) is 5.70 Å². The average molecular weight is 669 g/mol. The summed E-state index contributed by atoms with van der Waals surface area (Å²) in [5, 5.41) is 0. The molecule has 0 spiro atoms. The molecule has 1 aliphatic carbocycles. The van der Waals surface area contributed by atoms with Gasteiger partial charge in [0.05, 0.1) is 0 Å². The molecular formula is C44H48N2O2S. The Hall–Kier alpha value is -4.48. The van der Waals surface area contributed by atoms with Crippen molar-refractivity contribution in [1.29, 1.82) is 0 Å². The summed E-state index contributed by atoms with van der Waals surface area (Å²) in [6, 6.07) is 29.9. The van der Waals surface area contributed by atoms with Crippen LogP contribution in [0.5, 0.6) is 0 Å². The van der Waals surface area contributed by atoms with Crippen molar-refractivity contribution in [3.8, 4) is 0 Å². The highest BCUT2D eigenvalue weighted by molar-refractivity contribution is 7.14. The molecule has 3 aromatic carbocycles. The molecule has 1 aliphatic heterocycles. The van der Waals surface area contributed by atoms with Gasteiger partial charge in [0.2, 0.25) is 5.90 Å². The Labute approximate surface area is 296 Å². The van der Waals surface area contributed by atoms with E-state index in [2.05, 4.69) is 127 Å². The second-order valence-electron chi connectivity index (χ2n) is 13.0. The fourth-order valence-corrected chi connectivity index (χ4v) is 7.98. The molecule has 1 fully saturated rings. The van der Waals surface area contributed by atoms with Crippen LogP contribution in [0.2, 0.25) is 0 Å². The molecule has 252 valence electrons. The number of carbonyl (C=O) groups excluding carboxylic acids is 1. The number of nitrogens with zero attached hydrogens (tertiary/aromatic N) is 2. The van der Waals surface area contributed by atoms with E-state index >= 15 is 0 Å². The maximum absolute atomic E-state index is 12.6. The van der Waals surface area contributed by atoms with E-state index < -0.39 is 0 Å². The van der Waals surface area contributed by atoms with E-state index in [1.165, 1.54) is 45.7 Å². The lowest BCUT2D eigenvalue weighted by Crippen LogP contribution is -2.19. The number of anilines is 3. The van der Waals surface area contributed by atoms with Crippen molar-refractivity contribution < 1.29 is 9.53 Å². The van der Waals surface area contributed by atoms with Gasteiger partial charge in [0, 0.05) is 32.7 Å². The quantitative estimate of drug-likeness (QED) is 0.0992.